The Morgan fingerprint density at radius 1 is 1.27 bits per heavy atom. The molecule has 0 atom stereocenters. The topological polar surface area (TPSA) is 79.1 Å². The predicted octanol–water partition coefficient (Wildman–Crippen LogP) is 1.38. The third kappa shape index (κ3) is 2.70. The fraction of sp³-hybridized carbons (Fsp3) is 0.200. The molecular formula is C10H11NO4. The molecule has 0 amide bonds. The van der Waals surface area contributed by atoms with E-state index in [0.29, 0.717) is 0 Å². The number of rotatable bonds is 2. The van der Waals surface area contributed by atoms with E-state index in [0.717, 1.165) is 0 Å². The maximum atomic E-state index is 10.5. The van der Waals surface area contributed by atoms with Gasteiger partial charge < -0.3 is 15.1 Å². The Bertz CT molecular complexity index is 392. The third-order valence-electron chi connectivity index (χ3n) is 1.69. The zero-order valence-electron chi connectivity index (χ0n) is 8.39. The van der Waals surface area contributed by atoms with E-state index in [1.165, 1.54) is 32.0 Å². The Hall–Kier alpha value is -2.04. The number of carbonyl (C=O) groups is 1. The lowest BCUT2D eigenvalue weighted by molar-refractivity contribution is -0.140. The van der Waals surface area contributed by atoms with Gasteiger partial charge in [-0.2, -0.15) is 0 Å². The highest BCUT2D eigenvalue weighted by molar-refractivity contribution is 6.03. The molecule has 1 rings (SSSR count). The Morgan fingerprint density at radius 2 is 1.80 bits per heavy atom. The molecule has 1 aromatic rings. The lowest BCUT2D eigenvalue weighted by Crippen LogP contribution is -2.00. The van der Waals surface area contributed by atoms with Crippen LogP contribution in [0.1, 0.15) is 19.4 Å². The minimum Gasteiger partial charge on any atom is -0.507 e. The molecule has 0 spiro atoms. The van der Waals surface area contributed by atoms with Crippen molar-refractivity contribution in [3.05, 3.63) is 23.8 Å². The van der Waals surface area contributed by atoms with Crippen LogP contribution in [0.2, 0.25) is 0 Å². The van der Waals surface area contributed by atoms with Gasteiger partial charge in [-0.25, -0.2) is 4.79 Å². The van der Waals surface area contributed by atoms with Gasteiger partial charge in [0.15, 0.2) is 0 Å². The number of aromatic hydroxyl groups is 2. The maximum Gasteiger partial charge on any atom is 0.331 e. The number of phenols is 2. The standard InChI is InChI=1S/C10H11NO4/c1-6(11-15-7(2)12)10-8(13)4-3-5-9(10)14/h3-5,13-14H,1-2H3/b11-6+. The molecule has 5 nitrogen and oxygen atoms in total. The molecule has 15 heavy (non-hydrogen) atoms. The van der Waals surface area contributed by atoms with Gasteiger partial charge in [-0.15, -0.1) is 0 Å². The lowest BCUT2D eigenvalue weighted by Gasteiger charge is -2.05. The number of oxime groups is 1. The van der Waals surface area contributed by atoms with Crippen molar-refractivity contribution in [3.8, 4) is 11.5 Å². The molecule has 80 valence electrons. The molecular weight excluding hydrogens is 198 g/mol. The first kappa shape index (κ1) is 11.0. The summed E-state index contributed by atoms with van der Waals surface area (Å²) < 4.78 is 0. The number of benzene rings is 1. The van der Waals surface area contributed by atoms with Gasteiger partial charge in [-0.3, -0.25) is 0 Å². The fourth-order valence-corrected chi connectivity index (χ4v) is 1.08. The zero-order valence-corrected chi connectivity index (χ0v) is 8.39. The van der Waals surface area contributed by atoms with E-state index in [1.54, 1.807) is 0 Å². The van der Waals surface area contributed by atoms with Crippen molar-refractivity contribution in [2.75, 3.05) is 0 Å². The molecule has 0 radical (unpaired) electrons. The van der Waals surface area contributed by atoms with E-state index >= 15 is 0 Å². The summed E-state index contributed by atoms with van der Waals surface area (Å²) in [5.74, 6) is -0.809. The second-order valence-electron chi connectivity index (χ2n) is 2.93. The minimum absolute atomic E-state index is 0.122. The van der Waals surface area contributed by atoms with E-state index in [4.69, 9.17) is 0 Å². The highest BCUT2D eigenvalue weighted by Crippen LogP contribution is 2.26. The number of carbonyl (C=O) groups excluding carboxylic acids is 1. The van der Waals surface area contributed by atoms with Crippen LogP contribution in [0.5, 0.6) is 11.5 Å². The first-order valence-corrected chi connectivity index (χ1v) is 4.26. The van der Waals surface area contributed by atoms with Crippen LogP contribution < -0.4 is 0 Å². The molecule has 0 unspecified atom stereocenters. The van der Waals surface area contributed by atoms with Crippen LogP contribution in [-0.4, -0.2) is 21.9 Å². The summed E-state index contributed by atoms with van der Waals surface area (Å²) in [5.41, 5.74) is 0.375. The van der Waals surface area contributed by atoms with Crippen LogP contribution in [0.4, 0.5) is 0 Å². The SMILES string of the molecule is CC(=O)O/N=C(\C)c1c(O)cccc1O. The Balaban J connectivity index is 3.05. The summed E-state index contributed by atoms with van der Waals surface area (Å²) in [6.07, 6.45) is 0. The molecule has 0 saturated heterocycles. The summed E-state index contributed by atoms with van der Waals surface area (Å²) in [6, 6.07) is 4.30. The fourth-order valence-electron chi connectivity index (χ4n) is 1.08. The summed E-state index contributed by atoms with van der Waals surface area (Å²) >= 11 is 0. The Morgan fingerprint density at radius 3 is 2.27 bits per heavy atom. The van der Waals surface area contributed by atoms with Crippen molar-refractivity contribution in [2.24, 2.45) is 5.16 Å². The molecule has 0 heterocycles. The Kier molecular flexibility index (Phi) is 3.28. The lowest BCUT2D eigenvalue weighted by atomic mass is 10.1. The van der Waals surface area contributed by atoms with Gasteiger partial charge >= 0.3 is 5.97 Å². The van der Waals surface area contributed by atoms with Crippen molar-refractivity contribution < 1.29 is 19.8 Å². The average Bonchev–Trinajstić information content (AvgIpc) is 2.14. The molecule has 5 heteroatoms. The summed E-state index contributed by atoms with van der Waals surface area (Å²) in [7, 11) is 0. The van der Waals surface area contributed by atoms with Crippen LogP contribution in [0, 0.1) is 0 Å². The number of hydrogen-bond acceptors (Lipinski definition) is 5. The smallest absolute Gasteiger partial charge is 0.331 e. The van der Waals surface area contributed by atoms with Crippen molar-refractivity contribution in [1.29, 1.82) is 0 Å². The van der Waals surface area contributed by atoms with Crippen LogP contribution in [0.15, 0.2) is 23.4 Å². The van der Waals surface area contributed by atoms with Gasteiger partial charge in [0.1, 0.15) is 11.5 Å². The summed E-state index contributed by atoms with van der Waals surface area (Å²) in [4.78, 5) is 14.9. The van der Waals surface area contributed by atoms with E-state index in [1.807, 2.05) is 0 Å². The van der Waals surface area contributed by atoms with Crippen LogP contribution in [0.25, 0.3) is 0 Å². The minimum atomic E-state index is -0.565. The summed E-state index contributed by atoms with van der Waals surface area (Å²) in [6.45, 7) is 2.72. The Labute approximate surface area is 86.6 Å². The second-order valence-corrected chi connectivity index (χ2v) is 2.93. The van der Waals surface area contributed by atoms with Crippen LogP contribution in [-0.2, 0) is 9.63 Å². The van der Waals surface area contributed by atoms with Crippen molar-refractivity contribution in [1.82, 2.24) is 0 Å². The van der Waals surface area contributed by atoms with E-state index in [9.17, 15) is 15.0 Å². The highest BCUT2D eigenvalue weighted by atomic mass is 16.7. The molecule has 0 bridgehead atoms. The first-order valence-electron chi connectivity index (χ1n) is 4.26. The van der Waals surface area contributed by atoms with Gasteiger partial charge in [0, 0.05) is 6.92 Å². The molecule has 0 aliphatic rings. The molecule has 0 aliphatic heterocycles. The molecule has 2 N–H and O–H groups in total. The monoisotopic (exact) mass is 209 g/mol. The van der Waals surface area contributed by atoms with Gasteiger partial charge in [-0.1, -0.05) is 11.2 Å². The second kappa shape index (κ2) is 4.45. The molecule has 0 fully saturated rings. The quantitative estimate of drug-likeness (QED) is 0.438. The van der Waals surface area contributed by atoms with Crippen molar-refractivity contribution in [2.45, 2.75) is 13.8 Å². The number of nitrogens with zero attached hydrogens (tertiary/aromatic N) is 1. The van der Waals surface area contributed by atoms with Crippen molar-refractivity contribution in [3.63, 3.8) is 0 Å². The third-order valence-corrected chi connectivity index (χ3v) is 1.69. The average molecular weight is 209 g/mol. The van der Waals surface area contributed by atoms with E-state index in [2.05, 4.69) is 9.99 Å². The predicted molar refractivity (Wildman–Crippen MR) is 53.7 cm³/mol. The normalized spacial score (nSPS) is 11.2. The molecule has 0 aromatic heterocycles. The molecule has 0 aliphatic carbocycles. The summed E-state index contributed by atoms with van der Waals surface area (Å²) in [5, 5.41) is 22.4. The van der Waals surface area contributed by atoms with Crippen LogP contribution in [0.3, 0.4) is 0 Å². The molecule has 0 saturated carbocycles. The van der Waals surface area contributed by atoms with E-state index in [-0.39, 0.29) is 22.8 Å². The maximum absolute atomic E-state index is 10.5. The van der Waals surface area contributed by atoms with E-state index < -0.39 is 5.97 Å². The van der Waals surface area contributed by atoms with Gasteiger partial charge in [0.2, 0.25) is 0 Å². The zero-order chi connectivity index (χ0) is 11.4. The highest BCUT2D eigenvalue weighted by Gasteiger charge is 2.10. The molecule has 1 aromatic carbocycles. The van der Waals surface area contributed by atoms with Gasteiger partial charge in [0.05, 0.1) is 11.3 Å². The van der Waals surface area contributed by atoms with Gasteiger partial charge in [0.25, 0.3) is 0 Å². The number of phenolic OH excluding ortho intramolecular Hbond substituents is 2. The van der Waals surface area contributed by atoms with Crippen molar-refractivity contribution >= 4 is 11.7 Å². The van der Waals surface area contributed by atoms with Gasteiger partial charge in [-0.05, 0) is 19.1 Å². The first-order chi connectivity index (χ1) is 7.02. The number of hydrogen-bond donors (Lipinski definition) is 2. The van der Waals surface area contributed by atoms with Crippen LogP contribution >= 0.6 is 0 Å². The largest absolute Gasteiger partial charge is 0.507 e.